The first kappa shape index (κ1) is 14.4. The minimum atomic E-state index is -3.66. The van der Waals surface area contributed by atoms with E-state index in [-0.39, 0.29) is 4.90 Å². The predicted octanol–water partition coefficient (Wildman–Crippen LogP) is 2.02. The Morgan fingerprint density at radius 1 is 1.53 bits per heavy atom. The second-order valence-corrected chi connectivity index (χ2v) is 7.22. The summed E-state index contributed by atoms with van der Waals surface area (Å²) in [5.41, 5.74) is 0.690. The first-order valence-electron chi connectivity index (χ1n) is 6.10. The molecule has 1 heterocycles. The molecule has 0 saturated heterocycles. The third-order valence-corrected chi connectivity index (χ3v) is 4.82. The first-order valence-corrected chi connectivity index (χ1v) is 8.52. The van der Waals surface area contributed by atoms with E-state index in [2.05, 4.69) is 17.2 Å². The monoisotopic (exact) mass is 299 g/mol. The molecule has 104 valence electrons. The Hall–Kier alpha value is -1.05. The van der Waals surface area contributed by atoms with Crippen LogP contribution >= 0.6 is 11.8 Å². The van der Waals surface area contributed by atoms with E-state index in [4.69, 9.17) is 5.14 Å². The van der Waals surface area contributed by atoms with Gasteiger partial charge in [-0.15, -0.1) is 0 Å². The van der Waals surface area contributed by atoms with Gasteiger partial charge in [0, 0.05) is 10.9 Å². The number of thioether (sulfide) groups is 1. The lowest BCUT2D eigenvalue weighted by molar-refractivity contribution is 0.598. The molecule has 0 saturated carbocycles. The quantitative estimate of drug-likeness (QED) is 0.890. The van der Waals surface area contributed by atoms with Gasteiger partial charge in [0.1, 0.15) is 0 Å². The maximum absolute atomic E-state index is 11.3. The molecule has 0 radical (unpaired) electrons. The van der Waals surface area contributed by atoms with E-state index in [1.807, 2.05) is 0 Å². The largest absolute Gasteiger partial charge is 0.335 e. The van der Waals surface area contributed by atoms with Crippen molar-refractivity contribution < 1.29 is 8.42 Å². The van der Waals surface area contributed by atoms with Crippen LogP contribution in [0, 0.1) is 0 Å². The van der Waals surface area contributed by atoms with E-state index in [0.29, 0.717) is 10.9 Å². The van der Waals surface area contributed by atoms with Gasteiger partial charge in [0.15, 0.2) is 5.17 Å². The standard InChI is InChI=1S/C12H17N3O2S2/c1-2-4-10-8-14-12(18-10)15-9-5-3-6-11(7-9)19(13,16)17/h3,5-7,10H,2,4,8H2,1H3,(H,14,15)(H2,13,16,17). The van der Waals surface area contributed by atoms with Crippen LogP contribution in [-0.4, -0.2) is 25.4 Å². The summed E-state index contributed by atoms with van der Waals surface area (Å²) < 4.78 is 22.5. The lowest BCUT2D eigenvalue weighted by Gasteiger charge is -2.08. The fourth-order valence-electron chi connectivity index (χ4n) is 1.83. The zero-order valence-corrected chi connectivity index (χ0v) is 12.3. The Bertz CT molecular complexity index is 584. The Morgan fingerprint density at radius 2 is 2.32 bits per heavy atom. The van der Waals surface area contributed by atoms with Crippen LogP contribution in [-0.2, 0) is 10.0 Å². The summed E-state index contributed by atoms with van der Waals surface area (Å²) in [7, 11) is -3.66. The summed E-state index contributed by atoms with van der Waals surface area (Å²) in [6, 6.07) is 6.45. The number of nitrogens with zero attached hydrogens (tertiary/aromatic N) is 1. The molecule has 0 fully saturated rings. The van der Waals surface area contributed by atoms with Gasteiger partial charge in [0.2, 0.25) is 10.0 Å². The molecule has 19 heavy (non-hydrogen) atoms. The molecule has 1 aliphatic rings. The third-order valence-electron chi connectivity index (χ3n) is 2.74. The number of hydrogen-bond donors (Lipinski definition) is 2. The van der Waals surface area contributed by atoms with Crippen LogP contribution in [0.3, 0.4) is 0 Å². The van der Waals surface area contributed by atoms with E-state index < -0.39 is 10.0 Å². The van der Waals surface area contributed by atoms with Crippen LogP contribution in [0.2, 0.25) is 0 Å². The van der Waals surface area contributed by atoms with Crippen LogP contribution in [0.1, 0.15) is 19.8 Å². The van der Waals surface area contributed by atoms with E-state index >= 15 is 0 Å². The Balaban J connectivity index is 2.05. The molecule has 1 atom stereocenters. The van der Waals surface area contributed by atoms with Crippen molar-refractivity contribution in [3.63, 3.8) is 0 Å². The van der Waals surface area contributed by atoms with Crippen molar-refractivity contribution in [3.05, 3.63) is 24.3 Å². The molecule has 3 N–H and O–H groups in total. The number of anilines is 1. The Kier molecular flexibility index (Phi) is 4.49. The van der Waals surface area contributed by atoms with Crippen molar-refractivity contribution in [2.24, 2.45) is 10.1 Å². The van der Waals surface area contributed by atoms with Gasteiger partial charge < -0.3 is 5.32 Å². The topological polar surface area (TPSA) is 84.5 Å². The third kappa shape index (κ3) is 3.95. The lowest BCUT2D eigenvalue weighted by atomic mass is 10.2. The average molecular weight is 299 g/mol. The van der Waals surface area contributed by atoms with Crippen molar-refractivity contribution in [3.8, 4) is 0 Å². The van der Waals surface area contributed by atoms with Gasteiger partial charge in [-0.1, -0.05) is 31.2 Å². The lowest BCUT2D eigenvalue weighted by Crippen LogP contribution is -2.13. The number of aliphatic imine (C=N–C) groups is 1. The van der Waals surface area contributed by atoms with Crippen LogP contribution in [0.25, 0.3) is 0 Å². The van der Waals surface area contributed by atoms with E-state index in [9.17, 15) is 8.42 Å². The van der Waals surface area contributed by atoms with Gasteiger partial charge in [0.25, 0.3) is 0 Å². The molecular formula is C12H17N3O2S2. The molecule has 5 nitrogen and oxygen atoms in total. The van der Waals surface area contributed by atoms with Crippen molar-refractivity contribution in [1.29, 1.82) is 0 Å². The SMILES string of the molecule is CCCC1CN=C(Nc2cccc(S(N)(=O)=O)c2)S1. The highest BCUT2D eigenvalue weighted by Gasteiger charge is 2.19. The Morgan fingerprint density at radius 3 is 3.00 bits per heavy atom. The molecule has 0 bridgehead atoms. The average Bonchev–Trinajstić information content (AvgIpc) is 2.76. The number of benzene rings is 1. The first-order chi connectivity index (χ1) is 8.99. The number of amidine groups is 1. The molecule has 0 aromatic heterocycles. The minimum absolute atomic E-state index is 0.103. The fourth-order valence-corrected chi connectivity index (χ4v) is 3.54. The van der Waals surface area contributed by atoms with Crippen LogP contribution in [0.15, 0.2) is 34.2 Å². The van der Waals surface area contributed by atoms with Crippen LogP contribution < -0.4 is 10.5 Å². The number of sulfonamides is 1. The summed E-state index contributed by atoms with van der Waals surface area (Å²) >= 11 is 1.70. The molecular weight excluding hydrogens is 282 g/mol. The van der Waals surface area contributed by atoms with Gasteiger partial charge in [-0.2, -0.15) is 0 Å². The highest BCUT2D eigenvalue weighted by atomic mass is 32.2. The van der Waals surface area contributed by atoms with Crippen LogP contribution in [0.4, 0.5) is 5.69 Å². The summed E-state index contributed by atoms with van der Waals surface area (Å²) in [4.78, 5) is 4.51. The maximum atomic E-state index is 11.3. The maximum Gasteiger partial charge on any atom is 0.238 e. The van der Waals surface area contributed by atoms with Crippen molar-refractivity contribution in [2.45, 2.75) is 29.9 Å². The minimum Gasteiger partial charge on any atom is -0.335 e. The van der Waals surface area contributed by atoms with E-state index in [0.717, 1.165) is 24.6 Å². The molecule has 2 rings (SSSR count). The summed E-state index contributed by atoms with van der Waals surface area (Å²) in [5, 5.41) is 9.60. The molecule has 7 heteroatoms. The molecule has 1 aromatic carbocycles. The molecule has 1 aliphatic heterocycles. The summed E-state index contributed by atoms with van der Waals surface area (Å²) in [6.45, 7) is 2.97. The normalized spacial score (nSPS) is 19.3. The molecule has 0 amide bonds. The molecule has 1 unspecified atom stereocenters. The smallest absolute Gasteiger partial charge is 0.238 e. The van der Waals surface area contributed by atoms with E-state index in [1.165, 1.54) is 12.1 Å². The highest BCUT2D eigenvalue weighted by Crippen LogP contribution is 2.26. The second kappa shape index (κ2) is 5.94. The van der Waals surface area contributed by atoms with Crippen LogP contribution in [0.5, 0.6) is 0 Å². The number of nitrogens with two attached hydrogens (primary N) is 1. The number of nitrogens with one attached hydrogen (secondary N) is 1. The van der Waals surface area contributed by atoms with E-state index in [1.54, 1.807) is 23.9 Å². The fraction of sp³-hybridized carbons (Fsp3) is 0.417. The molecule has 0 aliphatic carbocycles. The summed E-state index contributed by atoms with van der Waals surface area (Å²) in [6.07, 6.45) is 2.28. The van der Waals surface area contributed by atoms with Crippen molar-refractivity contribution in [1.82, 2.24) is 0 Å². The Labute approximate surface area is 117 Å². The van der Waals surface area contributed by atoms with Crippen molar-refractivity contribution in [2.75, 3.05) is 11.9 Å². The highest BCUT2D eigenvalue weighted by molar-refractivity contribution is 8.15. The second-order valence-electron chi connectivity index (χ2n) is 4.37. The number of rotatable bonds is 4. The zero-order chi connectivity index (χ0) is 13.9. The van der Waals surface area contributed by atoms with Gasteiger partial charge >= 0.3 is 0 Å². The molecule has 0 spiro atoms. The van der Waals surface area contributed by atoms with Crippen molar-refractivity contribution >= 4 is 32.6 Å². The predicted molar refractivity (Wildman–Crippen MR) is 80.0 cm³/mol. The van der Waals surface area contributed by atoms with Gasteiger partial charge in [-0.05, 0) is 24.6 Å². The van der Waals surface area contributed by atoms with Gasteiger partial charge in [-0.25, -0.2) is 13.6 Å². The number of primary sulfonamides is 1. The molecule has 1 aromatic rings. The summed E-state index contributed by atoms with van der Waals surface area (Å²) in [5.74, 6) is 0. The zero-order valence-electron chi connectivity index (χ0n) is 10.7. The van der Waals surface area contributed by atoms with Gasteiger partial charge in [0.05, 0.1) is 11.4 Å². The number of hydrogen-bond acceptors (Lipinski definition) is 5. The van der Waals surface area contributed by atoms with Gasteiger partial charge in [-0.3, -0.25) is 4.99 Å².